The molecule has 0 bridgehead atoms. The van der Waals surface area contributed by atoms with Gasteiger partial charge in [-0.2, -0.15) is 5.32 Å². The van der Waals surface area contributed by atoms with E-state index in [1.165, 1.54) is 0 Å². The standard InChI is InChI=1S/C6H9FNO3/c1-10-5(9)6(7)4-11-3-2-8-6/h2-4H2,1H3. The summed E-state index contributed by atoms with van der Waals surface area (Å²) in [6, 6.07) is 0. The molecule has 0 saturated carbocycles. The number of rotatable bonds is 1. The van der Waals surface area contributed by atoms with Gasteiger partial charge in [0.15, 0.2) is 0 Å². The number of esters is 1. The number of hydrogen-bond acceptors (Lipinski definition) is 3. The molecule has 1 heterocycles. The molecule has 1 fully saturated rings. The van der Waals surface area contributed by atoms with E-state index in [1.807, 2.05) is 0 Å². The molecule has 5 heteroatoms. The molecule has 63 valence electrons. The maximum Gasteiger partial charge on any atom is 0.363 e. The van der Waals surface area contributed by atoms with Crippen LogP contribution in [0.4, 0.5) is 4.39 Å². The predicted molar refractivity (Wildman–Crippen MR) is 33.7 cm³/mol. The number of ether oxygens (including phenoxy) is 2. The van der Waals surface area contributed by atoms with Gasteiger partial charge in [-0.05, 0) is 0 Å². The summed E-state index contributed by atoms with van der Waals surface area (Å²) in [6.07, 6.45) is 0. The van der Waals surface area contributed by atoms with Gasteiger partial charge in [-0.15, -0.1) is 0 Å². The number of methoxy groups -OCH3 is 1. The minimum Gasteiger partial charge on any atom is -0.466 e. The molecule has 4 nitrogen and oxygen atoms in total. The fourth-order valence-corrected chi connectivity index (χ4v) is 0.820. The molecule has 0 aromatic heterocycles. The third-order valence-electron chi connectivity index (χ3n) is 1.39. The molecular weight excluding hydrogens is 153 g/mol. The van der Waals surface area contributed by atoms with Crippen LogP contribution in [0, 0.1) is 0 Å². The summed E-state index contributed by atoms with van der Waals surface area (Å²) in [5.41, 5.74) is 0. The summed E-state index contributed by atoms with van der Waals surface area (Å²) in [5, 5.41) is 3.47. The molecule has 0 aromatic carbocycles. The number of nitrogens with zero attached hydrogens (tertiary/aromatic N) is 1. The average Bonchev–Trinajstić information content (AvgIpc) is 2.04. The van der Waals surface area contributed by atoms with Crippen molar-refractivity contribution in [1.29, 1.82) is 0 Å². The van der Waals surface area contributed by atoms with Crippen LogP contribution in [0.1, 0.15) is 0 Å². The fraction of sp³-hybridized carbons (Fsp3) is 0.833. The van der Waals surface area contributed by atoms with Crippen molar-refractivity contribution >= 4 is 5.97 Å². The third-order valence-corrected chi connectivity index (χ3v) is 1.39. The molecule has 1 aliphatic heterocycles. The van der Waals surface area contributed by atoms with Crippen LogP contribution < -0.4 is 5.32 Å². The molecule has 11 heavy (non-hydrogen) atoms. The van der Waals surface area contributed by atoms with Crippen molar-refractivity contribution in [2.45, 2.75) is 5.79 Å². The second kappa shape index (κ2) is 3.15. The molecule has 1 rings (SSSR count). The summed E-state index contributed by atoms with van der Waals surface area (Å²) in [6.45, 7) is 0.230. The van der Waals surface area contributed by atoms with Gasteiger partial charge in [0.1, 0.15) is 6.61 Å². The monoisotopic (exact) mass is 162 g/mol. The molecule has 0 aliphatic carbocycles. The summed E-state index contributed by atoms with van der Waals surface area (Å²) >= 11 is 0. The van der Waals surface area contributed by atoms with Crippen LogP contribution in [-0.2, 0) is 14.3 Å². The van der Waals surface area contributed by atoms with Crippen LogP contribution >= 0.6 is 0 Å². The highest BCUT2D eigenvalue weighted by Crippen LogP contribution is 2.14. The number of halogens is 1. The second-order valence-corrected chi connectivity index (χ2v) is 2.19. The van der Waals surface area contributed by atoms with Gasteiger partial charge < -0.3 is 9.47 Å². The van der Waals surface area contributed by atoms with E-state index in [0.29, 0.717) is 6.61 Å². The van der Waals surface area contributed by atoms with Crippen molar-refractivity contribution in [2.75, 3.05) is 26.9 Å². The highest BCUT2D eigenvalue weighted by Gasteiger charge is 2.43. The maximum atomic E-state index is 13.2. The Morgan fingerprint density at radius 3 is 3.00 bits per heavy atom. The molecule has 1 unspecified atom stereocenters. The quantitative estimate of drug-likeness (QED) is 0.384. The van der Waals surface area contributed by atoms with E-state index >= 15 is 0 Å². The fourth-order valence-electron chi connectivity index (χ4n) is 0.820. The van der Waals surface area contributed by atoms with Crippen molar-refractivity contribution in [3.8, 4) is 0 Å². The van der Waals surface area contributed by atoms with Crippen LogP contribution in [0.25, 0.3) is 0 Å². The number of carbonyl (C=O) groups is 1. The smallest absolute Gasteiger partial charge is 0.363 e. The average molecular weight is 162 g/mol. The number of hydrogen-bond donors (Lipinski definition) is 0. The van der Waals surface area contributed by atoms with E-state index in [0.717, 1.165) is 7.11 Å². The second-order valence-electron chi connectivity index (χ2n) is 2.19. The summed E-state index contributed by atoms with van der Waals surface area (Å²) in [5.74, 6) is -3.26. The minimum atomic E-state index is -2.27. The van der Waals surface area contributed by atoms with Crippen LogP contribution in [0.3, 0.4) is 0 Å². The van der Waals surface area contributed by atoms with Crippen molar-refractivity contribution in [3.05, 3.63) is 0 Å². The first-order valence-corrected chi connectivity index (χ1v) is 3.23. The first-order chi connectivity index (χ1) is 5.19. The Bertz CT molecular complexity index is 156. The maximum absolute atomic E-state index is 13.2. The van der Waals surface area contributed by atoms with E-state index in [4.69, 9.17) is 4.74 Å². The predicted octanol–water partition coefficient (Wildman–Crippen LogP) is -0.540. The Hall–Kier alpha value is -0.680. The van der Waals surface area contributed by atoms with Crippen LogP contribution in [-0.4, -0.2) is 38.6 Å². The minimum absolute atomic E-state index is 0.200. The van der Waals surface area contributed by atoms with E-state index < -0.39 is 11.8 Å². The zero-order valence-electron chi connectivity index (χ0n) is 6.17. The Morgan fingerprint density at radius 2 is 2.55 bits per heavy atom. The van der Waals surface area contributed by atoms with Crippen LogP contribution in [0.2, 0.25) is 0 Å². The Balaban J connectivity index is 2.56. The van der Waals surface area contributed by atoms with Gasteiger partial charge >= 0.3 is 5.97 Å². The molecule has 1 saturated heterocycles. The summed E-state index contributed by atoms with van der Waals surface area (Å²) in [7, 11) is 1.12. The van der Waals surface area contributed by atoms with E-state index in [2.05, 4.69) is 10.1 Å². The third kappa shape index (κ3) is 1.66. The SMILES string of the molecule is COC(=O)C1(F)COCC[N]1. The summed E-state index contributed by atoms with van der Waals surface area (Å²) < 4.78 is 22.1. The highest BCUT2D eigenvalue weighted by atomic mass is 19.1. The van der Waals surface area contributed by atoms with Gasteiger partial charge in [0.05, 0.1) is 13.7 Å². The van der Waals surface area contributed by atoms with Crippen LogP contribution in [0.15, 0.2) is 0 Å². The van der Waals surface area contributed by atoms with Crippen molar-refractivity contribution in [3.63, 3.8) is 0 Å². The number of morpholine rings is 1. The van der Waals surface area contributed by atoms with Gasteiger partial charge in [0.25, 0.3) is 5.79 Å². The molecule has 0 aromatic rings. The topological polar surface area (TPSA) is 49.6 Å². The molecule has 1 atom stereocenters. The van der Waals surface area contributed by atoms with Gasteiger partial charge in [-0.3, -0.25) is 0 Å². The Morgan fingerprint density at radius 1 is 1.82 bits per heavy atom. The van der Waals surface area contributed by atoms with Crippen molar-refractivity contribution in [2.24, 2.45) is 0 Å². The lowest BCUT2D eigenvalue weighted by Crippen LogP contribution is -2.52. The lowest BCUT2D eigenvalue weighted by atomic mass is 10.2. The van der Waals surface area contributed by atoms with Crippen molar-refractivity contribution in [1.82, 2.24) is 5.32 Å². The zero-order chi connectivity index (χ0) is 8.32. The molecule has 0 amide bonds. The first kappa shape index (κ1) is 8.42. The lowest BCUT2D eigenvalue weighted by molar-refractivity contribution is -0.167. The Labute approximate surface area is 63.7 Å². The van der Waals surface area contributed by atoms with Crippen LogP contribution in [0.5, 0.6) is 0 Å². The Kier molecular flexibility index (Phi) is 2.41. The molecule has 1 radical (unpaired) electrons. The van der Waals surface area contributed by atoms with Gasteiger partial charge in [0.2, 0.25) is 0 Å². The van der Waals surface area contributed by atoms with E-state index in [1.54, 1.807) is 0 Å². The number of carbonyl (C=O) groups excluding carboxylic acids is 1. The van der Waals surface area contributed by atoms with E-state index in [9.17, 15) is 9.18 Å². The van der Waals surface area contributed by atoms with Gasteiger partial charge in [-0.25, -0.2) is 9.18 Å². The largest absolute Gasteiger partial charge is 0.466 e. The molecule has 0 spiro atoms. The molecular formula is C6H9FNO3. The normalized spacial score (nSPS) is 31.5. The van der Waals surface area contributed by atoms with E-state index in [-0.39, 0.29) is 13.2 Å². The van der Waals surface area contributed by atoms with Crippen molar-refractivity contribution < 1.29 is 18.7 Å². The summed E-state index contributed by atoms with van der Waals surface area (Å²) in [4.78, 5) is 10.7. The zero-order valence-corrected chi connectivity index (χ0v) is 6.17. The number of alkyl halides is 1. The van der Waals surface area contributed by atoms with Gasteiger partial charge in [-0.1, -0.05) is 0 Å². The highest BCUT2D eigenvalue weighted by molar-refractivity contribution is 5.79. The van der Waals surface area contributed by atoms with Gasteiger partial charge in [0, 0.05) is 6.54 Å². The first-order valence-electron chi connectivity index (χ1n) is 3.23. The molecule has 0 N–H and O–H groups in total. The molecule has 1 aliphatic rings. The lowest BCUT2D eigenvalue weighted by Gasteiger charge is -2.25.